The van der Waals surface area contributed by atoms with Gasteiger partial charge in [0, 0.05) is 31.0 Å². The number of anilines is 1. The highest BCUT2D eigenvalue weighted by atomic mass is 35.5. The molecule has 10 heteroatoms. The molecule has 0 aliphatic heterocycles. The van der Waals surface area contributed by atoms with Crippen molar-refractivity contribution in [2.45, 2.75) is 13.0 Å². The number of nitrogens with zero attached hydrogens (tertiary/aromatic N) is 2. The van der Waals surface area contributed by atoms with Gasteiger partial charge in [-0.1, -0.05) is 35.9 Å². The van der Waals surface area contributed by atoms with Crippen LogP contribution in [0.25, 0.3) is 6.08 Å². The number of nitrogens with two attached hydrogens (primary N) is 1. The molecule has 0 radical (unpaired) electrons. The maximum atomic E-state index is 12.2. The van der Waals surface area contributed by atoms with Crippen LogP contribution in [0.1, 0.15) is 16.8 Å². The molecule has 0 fully saturated rings. The Bertz CT molecular complexity index is 939. The number of rotatable bonds is 8. The second-order valence-corrected chi connectivity index (χ2v) is 8.94. The number of amides is 1. The van der Waals surface area contributed by atoms with Crippen LogP contribution < -0.4 is 10.5 Å². The predicted octanol–water partition coefficient (Wildman–Crippen LogP) is 2.34. The molecule has 1 aromatic heterocycles. The number of hydrogen-bond acceptors (Lipinski definition) is 6. The molecule has 0 saturated heterocycles. The topological polar surface area (TPSA) is 105 Å². The Hall–Kier alpha value is -1.94. The molecule has 0 aliphatic rings. The summed E-state index contributed by atoms with van der Waals surface area (Å²) in [5.74, 6) is -0.329. The van der Waals surface area contributed by atoms with Crippen LogP contribution in [0.3, 0.4) is 0 Å². The third-order valence-corrected chi connectivity index (χ3v) is 6.02. The first-order valence-corrected chi connectivity index (χ1v) is 10.9. The summed E-state index contributed by atoms with van der Waals surface area (Å²) in [5.41, 5.74) is 7.75. The Labute approximate surface area is 167 Å². The molecule has 0 unspecified atom stereocenters. The lowest BCUT2D eigenvalue weighted by atomic mass is 10.1. The van der Waals surface area contributed by atoms with Crippen LogP contribution in [0.2, 0.25) is 5.02 Å². The zero-order valence-electron chi connectivity index (χ0n) is 15.0. The van der Waals surface area contributed by atoms with E-state index in [4.69, 9.17) is 17.3 Å². The first kappa shape index (κ1) is 21.4. The first-order chi connectivity index (χ1) is 12.7. The van der Waals surface area contributed by atoms with Crippen LogP contribution in [0.4, 0.5) is 5.13 Å². The van der Waals surface area contributed by atoms with Gasteiger partial charge < -0.3 is 10.6 Å². The lowest BCUT2D eigenvalue weighted by Crippen LogP contribution is -2.23. The van der Waals surface area contributed by atoms with Crippen molar-refractivity contribution >= 4 is 50.1 Å². The van der Waals surface area contributed by atoms with E-state index in [1.165, 1.54) is 11.0 Å². The van der Waals surface area contributed by atoms with Crippen molar-refractivity contribution in [3.63, 3.8) is 0 Å². The maximum Gasteiger partial charge on any atom is 0.238 e. The fraction of sp³-hybridized carbons (Fsp3) is 0.294. The molecule has 1 heterocycles. The highest BCUT2D eigenvalue weighted by molar-refractivity contribution is 7.93. The first-order valence-electron chi connectivity index (χ1n) is 8.01. The number of halogens is 1. The van der Waals surface area contributed by atoms with Gasteiger partial charge in [0.05, 0.1) is 17.9 Å². The highest BCUT2D eigenvalue weighted by Crippen LogP contribution is 2.21. The van der Waals surface area contributed by atoms with Crippen LogP contribution in [-0.4, -0.2) is 44.1 Å². The number of carbonyl (C=O) groups excluding carboxylic acids is 1. The number of benzene rings is 1. The van der Waals surface area contributed by atoms with E-state index in [2.05, 4.69) is 9.71 Å². The Balaban J connectivity index is 2.01. The SMILES string of the molecule is CN(C)C(=O)Cc1csc(NS(=O)(=O)CC=Cc2cccc(Cl)c2CN)n1. The van der Waals surface area contributed by atoms with Crippen LogP contribution >= 0.6 is 22.9 Å². The van der Waals surface area contributed by atoms with Crippen molar-refractivity contribution < 1.29 is 13.2 Å². The summed E-state index contributed by atoms with van der Waals surface area (Å²) in [6, 6.07) is 5.33. The zero-order valence-corrected chi connectivity index (χ0v) is 17.4. The van der Waals surface area contributed by atoms with Crippen molar-refractivity contribution in [3.05, 3.63) is 51.5 Å². The van der Waals surface area contributed by atoms with Crippen LogP contribution in [0.15, 0.2) is 29.7 Å². The molecular formula is C17H21ClN4O3S2. The van der Waals surface area contributed by atoms with Gasteiger partial charge in [-0.05, 0) is 17.2 Å². The largest absolute Gasteiger partial charge is 0.348 e. The van der Waals surface area contributed by atoms with Crippen molar-refractivity contribution in [2.75, 3.05) is 24.6 Å². The molecule has 0 spiro atoms. The molecule has 7 nitrogen and oxygen atoms in total. The Morgan fingerprint density at radius 1 is 1.41 bits per heavy atom. The average molecular weight is 429 g/mol. The molecule has 3 N–H and O–H groups in total. The Morgan fingerprint density at radius 2 is 2.15 bits per heavy atom. The van der Waals surface area contributed by atoms with E-state index in [9.17, 15) is 13.2 Å². The monoisotopic (exact) mass is 428 g/mol. The number of carbonyl (C=O) groups is 1. The van der Waals surface area contributed by atoms with Crippen molar-refractivity contribution in [1.82, 2.24) is 9.88 Å². The number of hydrogen-bond donors (Lipinski definition) is 2. The third kappa shape index (κ3) is 6.31. The average Bonchev–Trinajstić information content (AvgIpc) is 3.00. The van der Waals surface area contributed by atoms with E-state index in [0.717, 1.165) is 22.5 Å². The number of aromatic nitrogens is 1. The minimum Gasteiger partial charge on any atom is -0.348 e. The molecule has 0 saturated carbocycles. The molecule has 1 aromatic carbocycles. The van der Waals surface area contributed by atoms with Gasteiger partial charge in [-0.3, -0.25) is 9.52 Å². The molecule has 0 bridgehead atoms. The number of thiazole rings is 1. The van der Waals surface area contributed by atoms with E-state index in [0.29, 0.717) is 10.7 Å². The lowest BCUT2D eigenvalue weighted by molar-refractivity contribution is -0.128. The van der Waals surface area contributed by atoms with E-state index in [1.54, 1.807) is 37.7 Å². The molecule has 2 aromatic rings. The second-order valence-electron chi connectivity index (χ2n) is 5.91. The minimum absolute atomic E-state index is 0.102. The van der Waals surface area contributed by atoms with Crippen LogP contribution in [0, 0.1) is 0 Å². The summed E-state index contributed by atoms with van der Waals surface area (Å²) in [7, 11) is -0.308. The fourth-order valence-corrected chi connectivity index (χ4v) is 4.30. The van der Waals surface area contributed by atoms with Crippen LogP contribution in [0.5, 0.6) is 0 Å². The second kappa shape index (κ2) is 9.32. The zero-order chi connectivity index (χ0) is 20.0. The summed E-state index contributed by atoms with van der Waals surface area (Å²) >= 11 is 7.22. The van der Waals surface area contributed by atoms with E-state index < -0.39 is 10.0 Å². The standard InChI is InChI=1S/C17H21ClN4O3S2/c1-22(2)16(23)9-13-11-26-17(20-13)21-27(24,25)8-4-6-12-5-3-7-15(18)14(12)10-19/h3-7,11H,8-10,19H2,1-2H3,(H,20,21). The Morgan fingerprint density at radius 3 is 2.81 bits per heavy atom. The van der Waals surface area contributed by atoms with Crippen molar-refractivity contribution in [2.24, 2.45) is 5.73 Å². The molecule has 1 amide bonds. The van der Waals surface area contributed by atoms with Crippen molar-refractivity contribution in [1.29, 1.82) is 0 Å². The molecule has 146 valence electrons. The molecule has 27 heavy (non-hydrogen) atoms. The van der Waals surface area contributed by atoms with Gasteiger partial charge in [0.25, 0.3) is 0 Å². The number of likely N-dealkylation sites (N-methyl/N-ethyl adjacent to an activating group) is 1. The summed E-state index contributed by atoms with van der Waals surface area (Å²) in [6.45, 7) is 0.262. The summed E-state index contributed by atoms with van der Waals surface area (Å²) < 4.78 is 26.9. The fourth-order valence-electron chi connectivity index (χ4n) is 2.17. The van der Waals surface area contributed by atoms with Gasteiger partial charge in [0.15, 0.2) is 5.13 Å². The van der Waals surface area contributed by atoms with E-state index in [-0.39, 0.29) is 29.8 Å². The normalized spacial score (nSPS) is 11.7. The van der Waals surface area contributed by atoms with Gasteiger partial charge >= 0.3 is 0 Å². The number of sulfonamides is 1. The Kier molecular flexibility index (Phi) is 7.37. The molecular weight excluding hydrogens is 408 g/mol. The smallest absolute Gasteiger partial charge is 0.238 e. The minimum atomic E-state index is -3.61. The summed E-state index contributed by atoms with van der Waals surface area (Å²) in [4.78, 5) is 17.3. The lowest BCUT2D eigenvalue weighted by Gasteiger charge is -2.08. The van der Waals surface area contributed by atoms with Gasteiger partial charge in [-0.2, -0.15) is 0 Å². The van der Waals surface area contributed by atoms with E-state index >= 15 is 0 Å². The van der Waals surface area contributed by atoms with E-state index in [1.807, 2.05) is 6.07 Å². The highest BCUT2D eigenvalue weighted by Gasteiger charge is 2.14. The predicted molar refractivity (Wildman–Crippen MR) is 110 cm³/mol. The quantitative estimate of drug-likeness (QED) is 0.671. The van der Waals surface area contributed by atoms with Crippen LogP contribution in [-0.2, 0) is 27.8 Å². The summed E-state index contributed by atoms with van der Waals surface area (Å²) in [5, 5.41) is 2.44. The van der Waals surface area contributed by atoms with Crippen molar-refractivity contribution in [3.8, 4) is 0 Å². The maximum absolute atomic E-state index is 12.2. The van der Waals surface area contributed by atoms with Gasteiger partial charge in [0.2, 0.25) is 15.9 Å². The summed E-state index contributed by atoms with van der Waals surface area (Å²) in [6.07, 6.45) is 3.33. The van der Waals surface area contributed by atoms with Gasteiger partial charge in [-0.15, -0.1) is 11.3 Å². The third-order valence-electron chi connectivity index (χ3n) is 3.60. The molecule has 2 rings (SSSR count). The molecule has 0 aliphatic carbocycles. The number of nitrogens with one attached hydrogen (secondary N) is 1. The van der Waals surface area contributed by atoms with Gasteiger partial charge in [-0.25, -0.2) is 13.4 Å². The molecule has 0 atom stereocenters. The van der Waals surface area contributed by atoms with Gasteiger partial charge in [0.1, 0.15) is 0 Å².